The summed E-state index contributed by atoms with van der Waals surface area (Å²) in [6, 6.07) is 0. The molecule has 14 heavy (non-hydrogen) atoms. The minimum absolute atomic E-state index is 0.219. The van der Waals surface area contributed by atoms with Crippen molar-refractivity contribution in [1.82, 2.24) is 20.1 Å². The van der Waals surface area contributed by atoms with Crippen LogP contribution in [-0.2, 0) is 18.3 Å². The molecule has 1 heterocycles. The van der Waals surface area contributed by atoms with Crippen molar-refractivity contribution < 1.29 is 4.79 Å². The molecule has 5 heteroatoms. The summed E-state index contributed by atoms with van der Waals surface area (Å²) in [5, 5.41) is 6.92. The number of carbonyl (C=O) groups is 1. The quantitative estimate of drug-likeness (QED) is 0.647. The summed E-state index contributed by atoms with van der Waals surface area (Å²) >= 11 is 0. The molecule has 78 valence electrons. The molecule has 0 aliphatic heterocycles. The van der Waals surface area contributed by atoms with Crippen LogP contribution >= 0.6 is 0 Å². The highest BCUT2D eigenvalue weighted by molar-refractivity contribution is 5.80. The van der Waals surface area contributed by atoms with Crippen molar-refractivity contribution in [2.75, 3.05) is 13.6 Å². The van der Waals surface area contributed by atoms with E-state index in [0.29, 0.717) is 12.8 Å². The fraction of sp³-hybridized carbons (Fsp3) is 0.667. The molecule has 5 nitrogen and oxygen atoms in total. The first kappa shape index (κ1) is 10.8. The minimum Gasteiger partial charge on any atom is -0.320 e. The lowest BCUT2D eigenvalue weighted by atomic mass is 10.1. The van der Waals surface area contributed by atoms with Crippen molar-refractivity contribution in [3.63, 3.8) is 0 Å². The SMILES string of the molecule is CNCCCC(=O)Cc1ncnn1C. The standard InChI is InChI=1S/C9H16N4O/c1-10-5-3-4-8(14)6-9-11-7-12-13(9)2/h7,10H,3-6H2,1-2H3. The molecule has 0 unspecified atom stereocenters. The Labute approximate surface area is 83.5 Å². The molecule has 0 atom stereocenters. The largest absolute Gasteiger partial charge is 0.320 e. The first-order chi connectivity index (χ1) is 6.74. The molecule has 0 saturated carbocycles. The van der Waals surface area contributed by atoms with Gasteiger partial charge in [0.25, 0.3) is 0 Å². The Morgan fingerprint density at radius 2 is 2.43 bits per heavy atom. The summed E-state index contributed by atoms with van der Waals surface area (Å²) in [5.41, 5.74) is 0. The average molecular weight is 196 g/mol. The third kappa shape index (κ3) is 3.26. The Morgan fingerprint density at radius 3 is 3.00 bits per heavy atom. The molecule has 0 spiro atoms. The summed E-state index contributed by atoms with van der Waals surface area (Å²) in [6.45, 7) is 0.880. The van der Waals surface area contributed by atoms with Crippen molar-refractivity contribution in [2.24, 2.45) is 7.05 Å². The second-order valence-corrected chi connectivity index (χ2v) is 3.22. The van der Waals surface area contributed by atoms with Crippen LogP contribution in [0.25, 0.3) is 0 Å². The highest BCUT2D eigenvalue weighted by Gasteiger charge is 2.07. The molecule has 0 fully saturated rings. The molecule has 1 aromatic rings. The monoisotopic (exact) mass is 196 g/mol. The molecule has 0 aromatic carbocycles. The van der Waals surface area contributed by atoms with Gasteiger partial charge < -0.3 is 5.32 Å². The number of hydrogen-bond donors (Lipinski definition) is 1. The van der Waals surface area contributed by atoms with Gasteiger partial charge in [-0.1, -0.05) is 0 Å². The summed E-state index contributed by atoms with van der Waals surface area (Å²) in [6.07, 6.45) is 3.34. The van der Waals surface area contributed by atoms with Crippen LogP contribution in [0.15, 0.2) is 6.33 Å². The van der Waals surface area contributed by atoms with Crippen molar-refractivity contribution >= 4 is 5.78 Å². The maximum atomic E-state index is 11.4. The van der Waals surface area contributed by atoms with Crippen LogP contribution in [0.3, 0.4) is 0 Å². The summed E-state index contributed by atoms with van der Waals surface area (Å²) in [7, 11) is 3.68. The Bertz CT molecular complexity index is 295. The summed E-state index contributed by atoms with van der Waals surface area (Å²) < 4.78 is 1.63. The maximum Gasteiger partial charge on any atom is 0.140 e. The zero-order valence-electron chi connectivity index (χ0n) is 8.66. The van der Waals surface area contributed by atoms with Gasteiger partial charge in [0, 0.05) is 13.5 Å². The molecular formula is C9H16N4O. The maximum absolute atomic E-state index is 11.4. The highest BCUT2D eigenvalue weighted by Crippen LogP contribution is 1.98. The Balaban J connectivity index is 2.31. The fourth-order valence-electron chi connectivity index (χ4n) is 1.21. The summed E-state index contributed by atoms with van der Waals surface area (Å²) in [4.78, 5) is 15.4. The lowest BCUT2D eigenvalue weighted by Crippen LogP contribution is -2.12. The molecule has 0 amide bonds. The van der Waals surface area contributed by atoms with E-state index in [4.69, 9.17) is 0 Å². The first-order valence-corrected chi connectivity index (χ1v) is 4.73. The summed E-state index contributed by atoms with van der Waals surface area (Å²) in [5.74, 6) is 0.954. The number of carbonyl (C=O) groups excluding carboxylic acids is 1. The van der Waals surface area contributed by atoms with Gasteiger partial charge in [0.1, 0.15) is 17.9 Å². The van der Waals surface area contributed by atoms with Gasteiger partial charge in [0.15, 0.2) is 0 Å². The van der Waals surface area contributed by atoms with Crippen LogP contribution in [0.4, 0.5) is 0 Å². The van der Waals surface area contributed by atoms with E-state index in [-0.39, 0.29) is 5.78 Å². The third-order valence-corrected chi connectivity index (χ3v) is 2.04. The number of nitrogens with one attached hydrogen (secondary N) is 1. The van der Waals surface area contributed by atoms with Crippen LogP contribution in [0, 0.1) is 0 Å². The fourth-order valence-corrected chi connectivity index (χ4v) is 1.21. The van der Waals surface area contributed by atoms with E-state index in [0.717, 1.165) is 18.8 Å². The van der Waals surface area contributed by atoms with E-state index >= 15 is 0 Å². The van der Waals surface area contributed by atoms with Crippen molar-refractivity contribution in [3.8, 4) is 0 Å². The van der Waals surface area contributed by atoms with Crippen LogP contribution in [0.2, 0.25) is 0 Å². The molecule has 0 bridgehead atoms. The molecule has 1 N–H and O–H groups in total. The van der Waals surface area contributed by atoms with E-state index in [1.54, 1.807) is 11.7 Å². The number of rotatable bonds is 6. The Kier molecular flexibility index (Phi) is 4.25. The van der Waals surface area contributed by atoms with Crippen molar-refractivity contribution in [3.05, 3.63) is 12.2 Å². The highest BCUT2D eigenvalue weighted by atomic mass is 16.1. The number of ketones is 1. The molecule has 0 aliphatic rings. The van der Waals surface area contributed by atoms with Gasteiger partial charge in [-0.25, -0.2) is 4.98 Å². The average Bonchev–Trinajstić information content (AvgIpc) is 2.52. The van der Waals surface area contributed by atoms with E-state index in [1.807, 2.05) is 7.05 Å². The normalized spacial score (nSPS) is 10.4. The lowest BCUT2D eigenvalue weighted by molar-refractivity contribution is -0.118. The molecule has 1 rings (SSSR count). The Morgan fingerprint density at radius 1 is 1.64 bits per heavy atom. The number of hydrogen-bond acceptors (Lipinski definition) is 4. The van der Waals surface area contributed by atoms with Gasteiger partial charge in [-0.15, -0.1) is 0 Å². The molecule has 0 radical (unpaired) electrons. The molecule has 0 aliphatic carbocycles. The van der Waals surface area contributed by atoms with Gasteiger partial charge in [-0.2, -0.15) is 5.10 Å². The predicted molar refractivity (Wildman–Crippen MR) is 52.9 cm³/mol. The van der Waals surface area contributed by atoms with Gasteiger partial charge in [-0.05, 0) is 20.0 Å². The van der Waals surface area contributed by atoms with Crippen molar-refractivity contribution in [2.45, 2.75) is 19.3 Å². The van der Waals surface area contributed by atoms with Crippen molar-refractivity contribution in [1.29, 1.82) is 0 Å². The van der Waals surface area contributed by atoms with E-state index in [2.05, 4.69) is 15.4 Å². The molecular weight excluding hydrogens is 180 g/mol. The van der Waals surface area contributed by atoms with Crippen LogP contribution in [-0.4, -0.2) is 34.1 Å². The van der Waals surface area contributed by atoms with E-state index < -0.39 is 0 Å². The van der Waals surface area contributed by atoms with E-state index in [9.17, 15) is 4.79 Å². The van der Waals surface area contributed by atoms with Gasteiger partial charge >= 0.3 is 0 Å². The van der Waals surface area contributed by atoms with Crippen LogP contribution < -0.4 is 5.32 Å². The minimum atomic E-state index is 0.219. The third-order valence-electron chi connectivity index (χ3n) is 2.04. The second-order valence-electron chi connectivity index (χ2n) is 3.22. The number of aromatic nitrogens is 3. The van der Waals surface area contributed by atoms with Gasteiger partial charge in [-0.3, -0.25) is 9.48 Å². The second kappa shape index (κ2) is 5.49. The molecule has 1 aromatic heterocycles. The molecule has 0 saturated heterocycles. The van der Waals surface area contributed by atoms with Crippen LogP contribution in [0.1, 0.15) is 18.7 Å². The smallest absolute Gasteiger partial charge is 0.140 e. The first-order valence-electron chi connectivity index (χ1n) is 4.73. The predicted octanol–water partition coefficient (Wildman–Crippen LogP) is -0.0737. The number of Topliss-reactive ketones (excluding diaryl/α,β-unsaturated/α-hetero) is 1. The topological polar surface area (TPSA) is 59.8 Å². The number of aryl methyl sites for hydroxylation is 1. The zero-order chi connectivity index (χ0) is 10.4. The van der Waals surface area contributed by atoms with Crippen LogP contribution in [0.5, 0.6) is 0 Å². The Hall–Kier alpha value is -1.23. The zero-order valence-corrected chi connectivity index (χ0v) is 8.66. The van der Waals surface area contributed by atoms with Gasteiger partial charge in [0.2, 0.25) is 0 Å². The number of nitrogens with zero attached hydrogens (tertiary/aromatic N) is 3. The van der Waals surface area contributed by atoms with E-state index in [1.165, 1.54) is 6.33 Å². The van der Waals surface area contributed by atoms with Gasteiger partial charge in [0.05, 0.1) is 6.42 Å². The lowest BCUT2D eigenvalue weighted by Gasteiger charge is -2.00.